The maximum absolute atomic E-state index is 11.6. The van der Waals surface area contributed by atoms with Crippen LogP contribution in [-0.4, -0.2) is 63.4 Å². The summed E-state index contributed by atoms with van der Waals surface area (Å²) in [5, 5.41) is 3.22. The number of carbonyl (C=O) groups excluding carboxylic acids is 1. The van der Waals surface area contributed by atoms with Crippen LogP contribution in [0.25, 0.3) is 0 Å². The number of rotatable bonds is 11. The van der Waals surface area contributed by atoms with E-state index in [0.29, 0.717) is 0 Å². The molecule has 0 aromatic rings. The van der Waals surface area contributed by atoms with Crippen LogP contribution in [0.4, 0.5) is 0 Å². The number of nitrogens with one attached hydrogen (secondary N) is 1. The van der Waals surface area contributed by atoms with Crippen LogP contribution in [0.2, 0.25) is 0 Å². The zero-order valence-corrected chi connectivity index (χ0v) is 13.1. The first kappa shape index (κ1) is 18.4. The van der Waals surface area contributed by atoms with Gasteiger partial charge in [0.2, 0.25) is 0 Å². The second-order valence-corrected chi connectivity index (χ2v) is 5.04. The standard InChI is InChI=1S/C14H30N2O3/c1-6-8-15-13(14(17)18-5)7-9-16(4)10-11-19-12(2)3/h12-13,15H,6-11H2,1-5H3. The van der Waals surface area contributed by atoms with E-state index in [2.05, 4.69) is 17.1 Å². The lowest BCUT2D eigenvalue weighted by molar-refractivity contribution is -0.143. The van der Waals surface area contributed by atoms with E-state index in [1.807, 2.05) is 20.9 Å². The van der Waals surface area contributed by atoms with E-state index in [9.17, 15) is 4.79 Å². The average Bonchev–Trinajstić information content (AvgIpc) is 2.37. The third kappa shape index (κ3) is 9.87. The van der Waals surface area contributed by atoms with E-state index >= 15 is 0 Å². The molecule has 0 aliphatic carbocycles. The zero-order valence-electron chi connectivity index (χ0n) is 13.1. The number of likely N-dealkylation sites (N-methyl/N-ethyl adjacent to an activating group) is 1. The monoisotopic (exact) mass is 274 g/mol. The van der Waals surface area contributed by atoms with Crippen molar-refractivity contribution >= 4 is 5.97 Å². The van der Waals surface area contributed by atoms with Gasteiger partial charge in [0.25, 0.3) is 0 Å². The van der Waals surface area contributed by atoms with Gasteiger partial charge in [0.1, 0.15) is 6.04 Å². The minimum Gasteiger partial charge on any atom is -0.468 e. The number of nitrogens with zero attached hydrogens (tertiary/aromatic N) is 1. The minimum absolute atomic E-state index is 0.180. The lowest BCUT2D eigenvalue weighted by atomic mass is 10.2. The van der Waals surface area contributed by atoms with Gasteiger partial charge in [-0.1, -0.05) is 6.92 Å². The number of esters is 1. The van der Waals surface area contributed by atoms with Gasteiger partial charge in [-0.25, -0.2) is 0 Å². The fourth-order valence-electron chi connectivity index (χ4n) is 1.67. The van der Waals surface area contributed by atoms with Crippen LogP contribution >= 0.6 is 0 Å². The summed E-state index contributed by atoms with van der Waals surface area (Å²) in [4.78, 5) is 13.8. The highest BCUT2D eigenvalue weighted by atomic mass is 16.5. The van der Waals surface area contributed by atoms with E-state index in [0.717, 1.165) is 39.1 Å². The van der Waals surface area contributed by atoms with Crippen molar-refractivity contribution in [3.8, 4) is 0 Å². The molecule has 0 saturated carbocycles. The van der Waals surface area contributed by atoms with E-state index in [1.165, 1.54) is 7.11 Å². The van der Waals surface area contributed by atoms with Crippen molar-refractivity contribution in [1.29, 1.82) is 0 Å². The molecular weight excluding hydrogens is 244 g/mol. The molecule has 1 atom stereocenters. The number of hydrogen-bond donors (Lipinski definition) is 1. The van der Waals surface area contributed by atoms with Crippen LogP contribution in [0.3, 0.4) is 0 Å². The molecule has 0 aliphatic heterocycles. The summed E-state index contributed by atoms with van der Waals surface area (Å²) in [5.74, 6) is -0.180. The molecule has 0 bridgehead atoms. The van der Waals surface area contributed by atoms with Crippen molar-refractivity contribution in [2.24, 2.45) is 0 Å². The Hall–Kier alpha value is -0.650. The summed E-state index contributed by atoms with van der Waals surface area (Å²) >= 11 is 0. The highest BCUT2D eigenvalue weighted by molar-refractivity contribution is 5.75. The first-order valence-electron chi connectivity index (χ1n) is 7.12. The van der Waals surface area contributed by atoms with Gasteiger partial charge >= 0.3 is 5.97 Å². The van der Waals surface area contributed by atoms with Gasteiger partial charge in [-0.05, 0) is 46.8 Å². The molecule has 114 valence electrons. The maximum Gasteiger partial charge on any atom is 0.322 e. The third-order valence-electron chi connectivity index (χ3n) is 2.85. The van der Waals surface area contributed by atoms with Crippen molar-refractivity contribution in [1.82, 2.24) is 10.2 Å². The SMILES string of the molecule is CCCNC(CCN(C)CCOC(C)C)C(=O)OC. The van der Waals surface area contributed by atoms with Crippen molar-refractivity contribution in [3.63, 3.8) is 0 Å². The van der Waals surface area contributed by atoms with Crippen molar-refractivity contribution in [2.45, 2.75) is 45.8 Å². The number of ether oxygens (including phenoxy) is 2. The highest BCUT2D eigenvalue weighted by Gasteiger charge is 2.18. The van der Waals surface area contributed by atoms with Crippen LogP contribution < -0.4 is 5.32 Å². The fraction of sp³-hybridized carbons (Fsp3) is 0.929. The Labute approximate surface area is 117 Å². The summed E-state index contributed by atoms with van der Waals surface area (Å²) in [6.07, 6.45) is 2.03. The molecule has 0 aromatic carbocycles. The maximum atomic E-state index is 11.6. The summed E-state index contributed by atoms with van der Waals surface area (Å²) in [6.45, 7) is 9.41. The molecule has 1 unspecified atom stereocenters. The Morgan fingerprint density at radius 3 is 2.53 bits per heavy atom. The predicted octanol–water partition coefficient (Wildman–Crippen LogP) is 1.27. The van der Waals surface area contributed by atoms with Gasteiger partial charge in [0.05, 0.1) is 19.8 Å². The molecular formula is C14H30N2O3. The summed E-state index contributed by atoms with van der Waals surface area (Å²) in [6, 6.07) is -0.210. The molecule has 0 heterocycles. The van der Waals surface area contributed by atoms with Gasteiger partial charge in [0, 0.05) is 6.54 Å². The van der Waals surface area contributed by atoms with Crippen molar-refractivity contribution < 1.29 is 14.3 Å². The van der Waals surface area contributed by atoms with Crippen LogP contribution in [-0.2, 0) is 14.3 Å². The van der Waals surface area contributed by atoms with E-state index < -0.39 is 0 Å². The molecule has 5 heteroatoms. The Morgan fingerprint density at radius 2 is 2.00 bits per heavy atom. The van der Waals surface area contributed by atoms with E-state index in [1.54, 1.807) is 0 Å². The van der Waals surface area contributed by atoms with Gasteiger partial charge in [-0.15, -0.1) is 0 Å². The molecule has 1 N–H and O–H groups in total. The van der Waals surface area contributed by atoms with Crippen molar-refractivity contribution in [3.05, 3.63) is 0 Å². The van der Waals surface area contributed by atoms with Gasteiger partial charge in [0.15, 0.2) is 0 Å². The Balaban J connectivity index is 3.91. The van der Waals surface area contributed by atoms with Crippen molar-refractivity contribution in [2.75, 3.05) is 40.4 Å². The van der Waals surface area contributed by atoms with Gasteiger partial charge < -0.3 is 19.7 Å². The summed E-state index contributed by atoms with van der Waals surface area (Å²) in [5.41, 5.74) is 0. The first-order valence-corrected chi connectivity index (χ1v) is 7.12. The molecule has 0 saturated heterocycles. The van der Waals surface area contributed by atoms with Gasteiger partial charge in [-0.2, -0.15) is 0 Å². The predicted molar refractivity (Wildman–Crippen MR) is 77.3 cm³/mol. The smallest absolute Gasteiger partial charge is 0.322 e. The topological polar surface area (TPSA) is 50.8 Å². The largest absolute Gasteiger partial charge is 0.468 e. The van der Waals surface area contributed by atoms with Crippen LogP contribution in [0.5, 0.6) is 0 Å². The number of hydrogen-bond acceptors (Lipinski definition) is 5. The molecule has 0 spiro atoms. The van der Waals surface area contributed by atoms with Crippen LogP contribution in [0.15, 0.2) is 0 Å². The zero-order chi connectivity index (χ0) is 14.7. The lowest BCUT2D eigenvalue weighted by Crippen LogP contribution is -2.41. The summed E-state index contributed by atoms with van der Waals surface area (Å²) < 4.78 is 10.3. The number of methoxy groups -OCH3 is 1. The van der Waals surface area contributed by atoms with Gasteiger partial charge in [-0.3, -0.25) is 4.79 Å². The Bertz CT molecular complexity index is 235. The average molecular weight is 274 g/mol. The Kier molecular flexibility index (Phi) is 10.8. The minimum atomic E-state index is -0.210. The van der Waals surface area contributed by atoms with Crippen LogP contribution in [0.1, 0.15) is 33.6 Å². The van der Waals surface area contributed by atoms with E-state index in [4.69, 9.17) is 9.47 Å². The fourth-order valence-corrected chi connectivity index (χ4v) is 1.67. The normalized spacial score (nSPS) is 13.0. The first-order chi connectivity index (χ1) is 9.01. The molecule has 0 amide bonds. The molecule has 19 heavy (non-hydrogen) atoms. The van der Waals surface area contributed by atoms with Crippen LogP contribution in [0, 0.1) is 0 Å². The third-order valence-corrected chi connectivity index (χ3v) is 2.85. The molecule has 0 aliphatic rings. The molecule has 0 radical (unpaired) electrons. The number of carbonyl (C=O) groups is 1. The van der Waals surface area contributed by atoms with E-state index in [-0.39, 0.29) is 18.1 Å². The quantitative estimate of drug-likeness (QED) is 0.575. The molecule has 5 nitrogen and oxygen atoms in total. The highest BCUT2D eigenvalue weighted by Crippen LogP contribution is 1.99. The Morgan fingerprint density at radius 1 is 1.32 bits per heavy atom. The summed E-state index contributed by atoms with van der Waals surface area (Å²) in [7, 11) is 3.47. The molecule has 0 aromatic heterocycles. The lowest BCUT2D eigenvalue weighted by Gasteiger charge is -2.21. The molecule has 0 fully saturated rings. The second kappa shape index (κ2) is 11.2. The second-order valence-electron chi connectivity index (χ2n) is 5.04. The molecule has 0 rings (SSSR count).